The van der Waals surface area contributed by atoms with Crippen molar-refractivity contribution in [1.82, 2.24) is 19.6 Å². The van der Waals surface area contributed by atoms with E-state index in [1.165, 1.54) is 0 Å². The molecule has 8 heteroatoms. The number of rotatable bonds is 4. The Morgan fingerprint density at radius 3 is 2.34 bits per heavy atom. The molecule has 1 aromatic carbocycles. The monoisotopic (exact) mass is 458 g/mol. The van der Waals surface area contributed by atoms with E-state index in [9.17, 15) is 9.59 Å². The molecule has 1 saturated heterocycles. The molecule has 2 aromatic rings. The molecule has 172 valence electrons. The number of hydrogen-bond donors (Lipinski definition) is 0. The van der Waals surface area contributed by atoms with E-state index in [1.807, 2.05) is 69.6 Å². The van der Waals surface area contributed by atoms with E-state index in [1.54, 1.807) is 15.9 Å². The Kier molecular flexibility index (Phi) is 7.29. The molecule has 32 heavy (non-hydrogen) atoms. The Balaban J connectivity index is 1.61. The number of ether oxygens (including phenoxy) is 1. The van der Waals surface area contributed by atoms with Gasteiger partial charge in [-0.15, -0.1) is 0 Å². The minimum absolute atomic E-state index is 0.0773. The van der Waals surface area contributed by atoms with Gasteiger partial charge in [0.1, 0.15) is 5.60 Å². The molecule has 0 spiro atoms. The van der Waals surface area contributed by atoms with Crippen molar-refractivity contribution in [2.24, 2.45) is 0 Å². The summed E-state index contributed by atoms with van der Waals surface area (Å²) in [6.07, 6.45) is 3.07. The van der Waals surface area contributed by atoms with Crippen molar-refractivity contribution in [3.63, 3.8) is 0 Å². The van der Waals surface area contributed by atoms with Gasteiger partial charge in [0.15, 0.2) is 0 Å². The van der Waals surface area contributed by atoms with E-state index < -0.39 is 5.60 Å². The van der Waals surface area contributed by atoms with E-state index in [0.717, 1.165) is 22.5 Å². The quantitative estimate of drug-likeness (QED) is 0.641. The second-order valence-electron chi connectivity index (χ2n) is 8.96. The molecule has 0 N–H and O–H groups in total. The SMILES string of the molecule is Cc1nn(Cc2ccccc2Cl)c(C)c1/C=C/C(=O)N1CCN(C(=O)OC(C)(C)C)CC1. The molecule has 2 heterocycles. The fourth-order valence-corrected chi connectivity index (χ4v) is 3.79. The molecule has 0 bridgehead atoms. The average molecular weight is 459 g/mol. The summed E-state index contributed by atoms with van der Waals surface area (Å²) in [6, 6.07) is 7.70. The topological polar surface area (TPSA) is 67.7 Å². The van der Waals surface area contributed by atoms with E-state index in [4.69, 9.17) is 16.3 Å². The Labute approximate surface area is 194 Å². The number of benzene rings is 1. The summed E-state index contributed by atoms with van der Waals surface area (Å²) in [6.45, 7) is 11.9. The molecular weight excluding hydrogens is 428 g/mol. The van der Waals surface area contributed by atoms with Crippen LogP contribution in [-0.2, 0) is 16.1 Å². The molecule has 7 nitrogen and oxygen atoms in total. The number of aromatic nitrogens is 2. The highest BCUT2D eigenvalue weighted by molar-refractivity contribution is 6.31. The summed E-state index contributed by atoms with van der Waals surface area (Å²) >= 11 is 6.29. The first-order chi connectivity index (χ1) is 15.0. The van der Waals surface area contributed by atoms with Crippen molar-refractivity contribution in [2.45, 2.75) is 46.8 Å². The number of amides is 2. The molecule has 0 unspecified atom stereocenters. The van der Waals surface area contributed by atoms with E-state index in [2.05, 4.69) is 5.10 Å². The zero-order chi connectivity index (χ0) is 23.5. The molecule has 2 amide bonds. The normalized spacial score (nSPS) is 14.8. The molecule has 0 radical (unpaired) electrons. The second kappa shape index (κ2) is 9.77. The van der Waals surface area contributed by atoms with Gasteiger partial charge in [-0.05, 0) is 52.3 Å². The summed E-state index contributed by atoms with van der Waals surface area (Å²) in [5.74, 6) is -0.0773. The predicted octanol–water partition coefficient (Wildman–Crippen LogP) is 4.29. The van der Waals surface area contributed by atoms with Gasteiger partial charge in [0.05, 0.1) is 12.2 Å². The lowest BCUT2D eigenvalue weighted by Gasteiger charge is -2.35. The van der Waals surface area contributed by atoms with Crippen molar-refractivity contribution >= 4 is 29.7 Å². The van der Waals surface area contributed by atoms with Gasteiger partial charge in [0.2, 0.25) is 5.91 Å². The molecule has 0 aliphatic carbocycles. The van der Waals surface area contributed by atoms with Gasteiger partial charge in [0.25, 0.3) is 0 Å². The summed E-state index contributed by atoms with van der Waals surface area (Å²) < 4.78 is 7.31. The van der Waals surface area contributed by atoms with Crippen LogP contribution in [0, 0.1) is 13.8 Å². The molecule has 1 aromatic heterocycles. The van der Waals surface area contributed by atoms with Gasteiger partial charge in [-0.3, -0.25) is 9.48 Å². The van der Waals surface area contributed by atoms with Crippen LogP contribution in [0.4, 0.5) is 4.79 Å². The molecule has 0 saturated carbocycles. The second-order valence-corrected chi connectivity index (χ2v) is 9.37. The number of halogens is 1. The van der Waals surface area contributed by atoms with Crippen LogP contribution in [0.1, 0.15) is 43.3 Å². The maximum absolute atomic E-state index is 12.7. The van der Waals surface area contributed by atoms with Crippen molar-refractivity contribution in [2.75, 3.05) is 26.2 Å². The third kappa shape index (κ3) is 5.91. The first-order valence-electron chi connectivity index (χ1n) is 10.8. The van der Waals surface area contributed by atoms with Gasteiger partial charge in [-0.2, -0.15) is 5.10 Å². The van der Waals surface area contributed by atoms with E-state index in [-0.39, 0.29) is 12.0 Å². The van der Waals surface area contributed by atoms with Crippen molar-refractivity contribution in [3.05, 3.63) is 57.9 Å². The first kappa shape index (κ1) is 23.9. The predicted molar refractivity (Wildman–Crippen MR) is 126 cm³/mol. The highest BCUT2D eigenvalue weighted by atomic mass is 35.5. The van der Waals surface area contributed by atoms with Crippen LogP contribution in [-0.4, -0.2) is 63.4 Å². The molecule has 1 aliphatic rings. The third-order valence-corrected chi connectivity index (χ3v) is 5.72. The molecule has 1 aliphatic heterocycles. The highest BCUT2D eigenvalue weighted by Crippen LogP contribution is 2.20. The smallest absolute Gasteiger partial charge is 0.410 e. The number of piperazine rings is 1. The fraction of sp³-hybridized carbons (Fsp3) is 0.458. The summed E-state index contributed by atoms with van der Waals surface area (Å²) in [5.41, 5.74) is 3.22. The van der Waals surface area contributed by atoms with Crippen molar-refractivity contribution < 1.29 is 14.3 Å². The standard InChI is InChI=1S/C24H31ClN4O3/c1-17-20(18(2)29(26-17)16-19-8-6-7-9-21(19)25)10-11-22(30)27-12-14-28(15-13-27)23(31)32-24(3,4)5/h6-11H,12-16H2,1-5H3/b11-10+. The minimum Gasteiger partial charge on any atom is -0.444 e. The summed E-state index contributed by atoms with van der Waals surface area (Å²) in [5, 5.41) is 5.33. The largest absolute Gasteiger partial charge is 0.444 e. The average Bonchev–Trinajstić information content (AvgIpc) is 2.99. The number of hydrogen-bond acceptors (Lipinski definition) is 4. The Hall–Kier alpha value is -2.80. The first-order valence-corrected chi connectivity index (χ1v) is 11.2. The van der Waals surface area contributed by atoms with Crippen LogP contribution in [0.15, 0.2) is 30.3 Å². The van der Waals surface area contributed by atoms with E-state index in [0.29, 0.717) is 37.7 Å². The Bertz CT molecular complexity index is 1010. The van der Waals surface area contributed by atoms with Crippen LogP contribution in [0.2, 0.25) is 5.02 Å². The van der Waals surface area contributed by atoms with Crippen molar-refractivity contribution in [1.29, 1.82) is 0 Å². The van der Waals surface area contributed by atoms with Gasteiger partial charge in [-0.25, -0.2) is 4.79 Å². The Morgan fingerprint density at radius 2 is 1.72 bits per heavy atom. The van der Waals surface area contributed by atoms with E-state index >= 15 is 0 Å². The molecular formula is C24H31ClN4O3. The summed E-state index contributed by atoms with van der Waals surface area (Å²) in [7, 11) is 0. The number of carbonyl (C=O) groups excluding carboxylic acids is 2. The van der Waals surface area contributed by atoms with Crippen LogP contribution < -0.4 is 0 Å². The van der Waals surface area contributed by atoms with Gasteiger partial charge in [0, 0.05) is 48.5 Å². The zero-order valence-electron chi connectivity index (χ0n) is 19.4. The fourth-order valence-electron chi connectivity index (χ4n) is 3.59. The Morgan fingerprint density at radius 1 is 1.09 bits per heavy atom. The molecule has 0 atom stereocenters. The van der Waals surface area contributed by atoms with Crippen LogP contribution in [0.3, 0.4) is 0 Å². The lowest BCUT2D eigenvalue weighted by Crippen LogP contribution is -2.51. The van der Waals surface area contributed by atoms with Gasteiger partial charge < -0.3 is 14.5 Å². The zero-order valence-corrected chi connectivity index (χ0v) is 20.1. The maximum Gasteiger partial charge on any atom is 0.410 e. The van der Waals surface area contributed by atoms with Crippen LogP contribution >= 0.6 is 11.6 Å². The van der Waals surface area contributed by atoms with Crippen LogP contribution in [0.5, 0.6) is 0 Å². The maximum atomic E-state index is 12.7. The molecule has 3 rings (SSSR count). The number of carbonyl (C=O) groups is 2. The van der Waals surface area contributed by atoms with Gasteiger partial charge in [-0.1, -0.05) is 29.8 Å². The number of aryl methyl sites for hydroxylation is 1. The third-order valence-electron chi connectivity index (χ3n) is 5.35. The van der Waals surface area contributed by atoms with Crippen molar-refractivity contribution in [3.8, 4) is 0 Å². The van der Waals surface area contributed by atoms with Crippen LogP contribution in [0.25, 0.3) is 6.08 Å². The van der Waals surface area contributed by atoms with Gasteiger partial charge >= 0.3 is 6.09 Å². The highest BCUT2D eigenvalue weighted by Gasteiger charge is 2.27. The molecule has 1 fully saturated rings. The lowest BCUT2D eigenvalue weighted by molar-refractivity contribution is -0.127. The minimum atomic E-state index is -0.529. The number of nitrogens with zero attached hydrogens (tertiary/aromatic N) is 4. The lowest BCUT2D eigenvalue weighted by atomic mass is 10.1. The summed E-state index contributed by atoms with van der Waals surface area (Å²) in [4.78, 5) is 28.3.